The van der Waals surface area contributed by atoms with Gasteiger partial charge in [0.15, 0.2) is 5.82 Å². The highest BCUT2D eigenvalue weighted by Crippen LogP contribution is 2.26. The van der Waals surface area contributed by atoms with E-state index in [2.05, 4.69) is 16.0 Å². The van der Waals surface area contributed by atoms with Crippen LogP contribution in [0.3, 0.4) is 0 Å². The van der Waals surface area contributed by atoms with Crippen LogP contribution in [0.5, 0.6) is 0 Å². The Labute approximate surface area is 132 Å². The molecule has 0 aromatic carbocycles. The molecule has 0 saturated carbocycles. The highest BCUT2D eigenvalue weighted by molar-refractivity contribution is 5.60. The molecule has 1 aliphatic heterocycles. The number of anilines is 1. The molecule has 1 aliphatic rings. The van der Waals surface area contributed by atoms with Crippen LogP contribution in [0.15, 0.2) is 29.3 Å². The first-order chi connectivity index (χ1) is 11.2. The molecule has 3 heterocycles. The topological polar surface area (TPSA) is 74.8 Å². The highest BCUT2D eigenvalue weighted by atomic mass is 19.1. The van der Waals surface area contributed by atoms with Crippen LogP contribution in [0, 0.1) is 17.1 Å². The summed E-state index contributed by atoms with van der Waals surface area (Å²) >= 11 is 0. The molecule has 7 heteroatoms. The Bertz CT molecular complexity index is 826. The lowest BCUT2D eigenvalue weighted by Gasteiger charge is -2.24. The van der Waals surface area contributed by atoms with Crippen molar-refractivity contribution in [1.29, 1.82) is 5.26 Å². The molecule has 1 atom stereocenters. The fourth-order valence-electron chi connectivity index (χ4n) is 2.87. The van der Waals surface area contributed by atoms with Crippen LogP contribution in [0.25, 0.3) is 11.3 Å². The smallest absolute Gasteiger partial charge is 0.255 e. The zero-order valence-corrected chi connectivity index (χ0v) is 12.7. The minimum absolute atomic E-state index is 0.231. The molecule has 23 heavy (non-hydrogen) atoms. The Hall–Kier alpha value is -2.75. The first-order valence-corrected chi connectivity index (χ1v) is 7.53. The van der Waals surface area contributed by atoms with Crippen LogP contribution >= 0.6 is 0 Å². The van der Waals surface area contributed by atoms with Gasteiger partial charge in [0.2, 0.25) is 5.95 Å². The maximum Gasteiger partial charge on any atom is 0.255 e. The van der Waals surface area contributed by atoms with Gasteiger partial charge in [-0.25, -0.2) is 9.37 Å². The first-order valence-electron chi connectivity index (χ1n) is 7.53. The summed E-state index contributed by atoms with van der Waals surface area (Å²) in [7, 11) is 0. The molecule has 0 bridgehead atoms. The van der Waals surface area contributed by atoms with E-state index in [0.717, 1.165) is 19.0 Å². The lowest BCUT2D eigenvalue weighted by molar-refractivity contribution is 0.623. The zero-order chi connectivity index (χ0) is 16.4. The van der Waals surface area contributed by atoms with Gasteiger partial charge >= 0.3 is 0 Å². The SMILES string of the molecule is CCn1c(N2CCC[C@H]2C#N)nc(-c2ccncc2F)cc1=O. The second-order valence-electron chi connectivity index (χ2n) is 5.36. The molecule has 6 nitrogen and oxygen atoms in total. The van der Waals surface area contributed by atoms with Crippen molar-refractivity contribution < 1.29 is 4.39 Å². The summed E-state index contributed by atoms with van der Waals surface area (Å²) in [6.45, 7) is 2.94. The number of hydrogen-bond acceptors (Lipinski definition) is 5. The average molecular weight is 313 g/mol. The van der Waals surface area contributed by atoms with Crippen molar-refractivity contribution in [2.24, 2.45) is 0 Å². The van der Waals surface area contributed by atoms with Gasteiger partial charge in [-0.15, -0.1) is 0 Å². The summed E-state index contributed by atoms with van der Waals surface area (Å²) in [5, 5.41) is 9.29. The van der Waals surface area contributed by atoms with Crippen molar-refractivity contribution in [2.45, 2.75) is 32.4 Å². The standard InChI is InChI=1S/C16H16FN5O/c1-2-21-15(23)8-14(12-5-6-19-10-13(12)17)20-16(21)22-7-3-4-11(22)9-18/h5-6,8,10-11H,2-4,7H2,1H3/t11-/m0/s1. The number of nitriles is 1. The third-order valence-corrected chi connectivity index (χ3v) is 4.01. The number of nitrogens with zero attached hydrogens (tertiary/aromatic N) is 5. The van der Waals surface area contributed by atoms with Crippen molar-refractivity contribution >= 4 is 5.95 Å². The molecule has 0 unspecified atom stereocenters. The predicted molar refractivity (Wildman–Crippen MR) is 83.3 cm³/mol. The maximum absolute atomic E-state index is 14.0. The molecular weight excluding hydrogens is 297 g/mol. The largest absolute Gasteiger partial charge is 0.326 e. The highest BCUT2D eigenvalue weighted by Gasteiger charge is 2.28. The minimum Gasteiger partial charge on any atom is -0.326 e. The molecule has 2 aromatic heterocycles. The van der Waals surface area contributed by atoms with Gasteiger partial charge in [0.05, 0.1) is 18.0 Å². The minimum atomic E-state index is -0.530. The van der Waals surface area contributed by atoms with E-state index in [1.807, 2.05) is 11.8 Å². The molecule has 0 amide bonds. The fourth-order valence-corrected chi connectivity index (χ4v) is 2.87. The second kappa shape index (κ2) is 6.16. The summed E-state index contributed by atoms with van der Waals surface area (Å²) in [5.41, 5.74) is 0.236. The van der Waals surface area contributed by atoms with Crippen molar-refractivity contribution in [2.75, 3.05) is 11.4 Å². The van der Waals surface area contributed by atoms with E-state index in [1.165, 1.54) is 22.9 Å². The van der Waals surface area contributed by atoms with E-state index in [9.17, 15) is 14.4 Å². The summed E-state index contributed by atoms with van der Waals surface area (Å²) in [4.78, 5) is 22.4. The number of aromatic nitrogens is 3. The molecule has 118 valence electrons. The van der Waals surface area contributed by atoms with Crippen molar-refractivity contribution in [1.82, 2.24) is 14.5 Å². The van der Waals surface area contributed by atoms with Gasteiger partial charge in [-0.2, -0.15) is 5.26 Å². The quantitative estimate of drug-likeness (QED) is 0.866. The lowest BCUT2D eigenvalue weighted by atomic mass is 10.2. The van der Waals surface area contributed by atoms with E-state index < -0.39 is 5.82 Å². The van der Waals surface area contributed by atoms with Gasteiger partial charge in [-0.3, -0.25) is 14.3 Å². The Balaban J connectivity index is 2.17. The summed E-state index contributed by atoms with van der Waals surface area (Å²) < 4.78 is 15.5. The van der Waals surface area contributed by atoms with Crippen LogP contribution < -0.4 is 10.5 Å². The number of pyridine rings is 1. The summed E-state index contributed by atoms with van der Waals surface area (Å²) in [5.74, 6) is -0.104. The van der Waals surface area contributed by atoms with Gasteiger partial charge in [-0.1, -0.05) is 0 Å². The molecule has 3 rings (SSSR count). The summed E-state index contributed by atoms with van der Waals surface area (Å²) in [6.07, 6.45) is 4.16. The van der Waals surface area contributed by atoms with E-state index in [1.54, 1.807) is 0 Å². The second-order valence-corrected chi connectivity index (χ2v) is 5.36. The molecular formula is C16H16FN5O. The van der Waals surface area contributed by atoms with Crippen molar-refractivity contribution in [3.8, 4) is 17.3 Å². The van der Waals surface area contributed by atoms with Crippen molar-refractivity contribution in [3.05, 3.63) is 40.7 Å². The van der Waals surface area contributed by atoms with Gasteiger partial charge in [0, 0.05) is 30.9 Å². The molecule has 0 spiro atoms. The number of hydrogen-bond donors (Lipinski definition) is 0. The first kappa shape index (κ1) is 15.2. The van der Waals surface area contributed by atoms with Crippen LogP contribution in [0.2, 0.25) is 0 Å². The van der Waals surface area contributed by atoms with Gasteiger partial charge in [0.1, 0.15) is 6.04 Å². The molecule has 1 fully saturated rings. The van der Waals surface area contributed by atoms with Crippen LogP contribution in [-0.2, 0) is 6.54 Å². The van der Waals surface area contributed by atoms with Gasteiger partial charge in [0.25, 0.3) is 5.56 Å². The maximum atomic E-state index is 14.0. The molecule has 0 aliphatic carbocycles. The Morgan fingerprint density at radius 1 is 1.52 bits per heavy atom. The molecule has 1 saturated heterocycles. The third-order valence-electron chi connectivity index (χ3n) is 4.01. The normalized spacial score (nSPS) is 17.3. The monoisotopic (exact) mass is 313 g/mol. The van der Waals surface area contributed by atoms with E-state index in [-0.39, 0.29) is 22.9 Å². The number of rotatable bonds is 3. The van der Waals surface area contributed by atoms with E-state index >= 15 is 0 Å². The van der Waals surface area contributed by atoms with E-state index in [0.29, 0.717) is 19.0 Å². The van der Waals surface area contributed by atoms with Gasteiger partial charge < -0.3 is 4.90 Å². The Morgan fingerprint density at radius 2 is 2.35 bits per heavy atom. The van der Waals surface area contributed by atoms with Crippen LogP contribution in [0.1, 0.15) is 19.8 Å². The molecule has 0 radical (unpaired) electrons. The number of halogens is 1. The lowest BCUT2D eigenvalue weighted by Crippen LogP contribution is -2.35. The fraction of sp³-hybridized carbons (Fsp3) is 0.375. The predicted octanol–water partition coefficient (Wildman–Crippen LogP) is 1.96. The molecule has 0 N–H and O–H groups in total. The average Bonchev–Trinajstić information content (AvgIpc) is 3.03. The zero-order valence-electron chi connectivity index (χ0n) is 12.7. The Kier molecular flexibility index (Phi) is 4.06. The van der Waals surface area contributed by atoms with Crippen LogP contribution in [-0.4, -0.2) is 27.1 Å². The molecule has 2 aromatic rings. The summed E-state index contributed by atoms with van der Waals surface area (Å²) in [6, 6.07) is 4.74. The van der Waals surface area contributed by atoms with E-state index in [4.69, 9.17) is 0 Å². The third kappa shape index (κ3) is 2.68. The van der Waals surface area contributed by atoms with Gasteiger partial charge in [-0.05, 0) is 25.8 Å². The van der Waals surface area contributed by atoms with Crippen LogP contribution in [0.4, 0.5) is 10.3 Å². The Morgan fingerprint density at radius 3 is 3.04 bits per heavy atom. The van der Waals surface area contributed by atoms with Crippen molar-refractivity contribution in [3.63, 3.8) is 0 Å².